The number of ether oxygens (including phenoxy) is 1. The summed E-state index contributed by atoms with van der Waals surface area (Å²) in [6.45, 7) is 1.73. The van der Waals surface area contributed by atoms with Gasteiger partial charge in [0.15, 0.2) is 0 Å². The van der Waals surface area contributed by atoms with Gasteiger partial charge in [0.05, 0.1) is 13.2 Å². The number of hydrogen-bond donors (Lipinski definition) is 2. The molecule has 0 heterocycles. The lowest BCUT2D eigenvalue weighted by Gasteiger charge is -2.19. The number of hydrogen-bond acceptors (Lipinski definition) is 3. The zero-order chi connectivity index (χ0) is 13.8. The molecule has 19 heavy (non-hydrogen) atoms. The summed E-state index contributed by atoms with van der Waals surface area (Å²) in [6, 6.07) is 12.3. The van der Waals surface area contributed by atoms with Crippen LogP contribution in [-0.4, -0.2) is 7.11 Å². The first-order valence-electron chi connectivity index (χ1n) is 6.02. The van der Waals surface area contributed by atoms with Crippen LogP contribution in [0, 0.1) is 12.7 Å². The van der Waals surface area contributed by atoms with Crippen molar-refractivity contribution in [2.24, 2.45) is 5.84 Å². The lowest BCUT2D eigenvalue weighted by molar-refractivity contribution is 0.413. The molecule has 0 radical (unpaired) electrons. The second-order valence-electron chi connectivity index (χ2n) is 4.35. The van der Waals surface area contributed by atoms with Crippen LogP contribution in [-0.2, 0) is 0 Å². The highest BCUT2D eigenvalue weighted by Crippen LogP contribution is 2.27. The highest BCUT2D eigenvalue weighted by Gasteiger charge is 2.17. The molecule has 0 fully saturated rings. The van der Waals surface area contributed by atoms with Gasteiger partial charge in [-0.1, -0.05) is 30.3 Å². The van der Waals surface area contributed by atoms with Gasteiger partial charge in [0.25, 0.3) is 0 Å². The van der Waals surface area contributed by atoms with E-state index in [0.717, 1.165) is 5.56 Å². The molecule has 0 aliphatic rings. The molecule has 0 aromatic heterocycles. The molecular weight excluding hydrogens is 243 g/mol. The van der Waals surface area contributed by atoms with Crippen molar-refractivity contribution < 1.29 is 9.13 Å². The maximum atomic E-state index is 14.2. The van der Waals surface area contributed by atoms with E-state index in [1.54, 1.807) is 26.2 Å². The zero-order valence-corrected chi connectivity index (χ0v) is 11.0. The van der Waals surface area contributed by atoms with Crippen LogP contribution in [0.4, 0.5) is 4.39 Å². The van der Waals surface area contributed by atoms with Crippen molar-refractivity contribution in [3.05, 3.63) is 65.0 Å². The van der Waals surface area contributed by atoms with Crippen molar-refractivity contribution in [1.29, 1.82) is 0 Å². The Morgan fingerprint density at radius 2 is 1.95 bits per heavy atom. The van der Waals surface area contributed by atoms with Gasteiger partial charge < -0.3 is 4.74 Å². The molecule has 100 valence electrons. The maximum Gasteiger partial charge on any atom is 0.131 e. The van der Waals surface area contributed by atoms with Crippen molar-refractivity contribution >= 4 is 0 Å². The lowest BCUT2D eigenvalue weighted by Crippen LogP contribution is -2.29. The molecule has 1 unspecified atom stereocenters. The summed E-state index contributed by atoms with van der Waals surface area (Å²) in [7, 11) is 1.59. The molecule has 3 N–H and O–H groups in total. The number of nitrogens with two attached hydrogens (primary N) is 1. The molecule has 2 rings (SSSR count). The smallest absolute Gasteiger partial charge is 0.131 e. The number of aryl methyl sites for hydroxylation is 1. The summed E-state index contributed by atoms with van der Waals surface area (Å²) in [4.78, 5) is 0. The molecule has 3 nitrogen and oxygen atoms in total. The Morgan fingerprint density at radius 1 is 1.21 bits per heavy atom. The lowest BCUT2D eigenvalue weighted by atomic mass is 9.97. The molecule has 0 amide bonds. The Kier molecular flexibility index (Phi) is 4.14. The number of nitrogens with one attached hydrogen (secondary N) is 1. The zero-order valence-electron chi connectivity index (χ0n) is 11.0. The normalized spacial score (nSPS) is 12.2. The Labute approximate surface area is 112 Å². The van der Waals surface area contributed by atoms with Gasteiger partial charge in [0.2, 0.25) is 0 Å². The molecule has 0 aliphatic carbocycles. The predicted molar refractivity (Wildman–Crippen MR) is 73.3 cm³/mol. The third-order valence-electron chi connectivity index (χ3n) is 3.13. The maximum absolute atomic E-state index is 14.2. The van der Waals surface area contributed by atoms with Crippen molar-refractivity contribution in [3.63, 3.8) is 0 Å². The molecule has 0 aliphatic heterocycles. The van der Waals surface area contributed by atoms with Crippen molar-refractivity contribution in [2.75, 3.05) is 7.11 Å². The van der Waals surface area contributed by atoms with E-state index in [9.17, 15) is 4.39 Å². The van der Waals surface area contributed by atoms with Crippen molar-refractivity contribution in [2.45, 2.75) is 13.0 Å². The summed E-state index contributed by atoms with van der Waals surface area (Å²) in [5, 5.41) is 0. The summed E-state index contributed by atoms with van der Waals surface area (Å²) in [5.74, 6) is 6.06. The first-order chi connectivity index (χ1) is 9.17. The predicted octanol–water partition coefficient (Wildman–Crippen LogP) is 2.70. The number of hydrazine groups is 1. The molecule has 0 bridgehead atoms. The largest absolute Gasteiger partial charge is 0.497 e. The Morgan fingerprint density at radius 3 is 2.63 bits per heavy atom. The number of methoxy groups -OCH3 is 1. The topological polar surface area (TPSA) is 47.3 Å². The van der Waals surface area contributed by atoms with Crippen LogP contribution < -0.4 is 16.0 Å². The van der Waals surface area contributed by atoms with Gasteiger partial charge in [0.1, 0.15) is 11.6 Å². The van der Waals surface area contributed by atoms with Gasteiger partial charge in [-0.05, 0) is 30.2 Å². The number of benzene rings is 2. The van der Waals surface area contributed by atoms with E-state index in [4.69, 9.17) is 10.6 Å². The van der Waals surface area contributed by atoms with Gasteiger partial charge in [-0.2, -0.15) is 0 Å². The van der Waals surface area contributed by atoms with Gasteiger partial charge in [-0.3, -0.25) is 5.84 Å². The molecular formula is C15H17FN2O. The second-order valence-corrected chi connectivity index (χ2v) is 4.35. The molecule has 1 atom stereocenters. The van der Waals surface area contributed by atoms with Crippen molar-refractivity contribution in [1.82, 2.24) is 5.43 Å². The van der Waals surface area contributed by atoms with E-state index in [1.165, 1.54) is 0 Å². The quantitative estimate of drug-likeness (QED) is 0.656. The molecule has 2 aromatic carbocycles. The summed E-state index contributed by atoms with van der Waals surface area (Å²) < 4.78 is 19.4. The van der Waals surface area contributed by atoms with Crippen LogP contribution in [0.3, 0.4) is 0 Å². The van der Waals surface area contributed by atoms with Crippen LogP contribution in [0.2, 0.25) is 0 Å². The Balaban J connectivity index is 2.46. The van der Waals surface area contributed by atoms with Gasteiger partial charge in [0, 0.05) is 5.56 Å². The average Bonchev–Trinajstić information content (AvgIpc) is 2.44. The third kappa shape index (κ3) is 2.75. The van der Waals surface area contributed by atoms with E-state index in [0.29, 0.717) is 16.9 Å². The fourth-order valence-corrected chi connectivity index (χ4v) is 2.08. The Hall–Kier alpha value is -1.91. The van der Waals surface area contributed by atoms with Crippen LogP contribution in [0.5, 0.6) is 5.75 Å². The van der Waals surface area contributed by atoms with Gasteiger partial charge in [-0.25, -0.2) is 9.82 Å². The standard InChI is InChI=1S/C15H17FN2O/c1-10-5-3-8-13(14(10)16)15(18-17)11-6-4-7-12(9-11)19-2/h3-9,15,18H,17H2,1-2H3. The summed E-state index contributed by atoms with van der Waals surface area (Å²) in [6.07, 6.45) is 0. The fraction of sp³-hybridized carbons (Fsp3) is 0.200. The van der Waals surface area contributed by atoms with E-state index in [-0.39, 0.29) is 5.82 Å². The van der Waals surface area contributed by atoms with Gasteiger partial charge >= 0.3 is 0 Å². The minimum atomic E-state index is -0.407. The monoisotopic (exact) mass is 260 g/mol. The second kappa shape index (κ2) is 5.82. The SMILES string of the molecule is COc1cccc(C(NN)c2cccc(C)c2F)c1. The van der Waals surface area contributed by atoms with Crippen molar-refractivity contribution in [3.8, 4) is 5.75 Å². The van der Waals surface area contributed by atoms with Crippen LogP contribution >= 0.6 is 0 Å². The molecule has 0 spiro atoms. The molecule has 4 heteroatoms. The molecule has 0 saturated carbocycles. The average molecular weight is 260 g/mol. The Bertz CT molecular complexity index is 572. The first kappa shape index (κ1) is 13.5. The third-order valence-corrected chi connectivity index (χ3v) is 3.13. The van der Waals surface area contributed by atoms with E-state index in [1.807, 2.05) is 30.3 Å². The van der Waals surface area contributed by atoms with Crippen LogP contribution in [0.1, 0.15) is 22.7 Å². The molecule has 2 aromatic rings. The highest BCUT2D eigenvalue weighted by molar-refractivity contribution is 5.38. The van der Waals surface area contributed by atoms with Crippen LogP contribution in [0.25, 0.3) is 0 Å². The van der Waals surface area contributed by atoms with Crippen LogP contribution in [0.15, 0.2) is 42.5 Å². The van der Waals surface area contributed by atoms with Gasteiger partial charge in [-0.15, -0.1) is 0 Å². The highest BCUT2D eigenvalue weighted by atomic mass is 19.1. The minimum Gasteiger partial charge on any atom is -0.497 e. The van der Waals surface area contributed by atoms with E-state index >= 15 is 0 Å². The summed E-state index contributed by atoms with van der Waals surface area (Å²) >= 11 is 0. The summed E-state index contributed by atoms with van der Waals surface area (Å²) in [5.41, 5.74) is 4.63. The van der Waals surface area contributed by atoms with E-state index < -0.39 is 6.04 Å². The number of rotatable bonds is 4. The minimum absolute atomic E-state index is 0.242. The number of halogens is 1. The first-order valence-corrected chi connectivity index (χ1v) is 6.02. The van der Waals surface area contributed by atoms with E-state index in [2.05, 4.69) is 5.43 Å². The fourth-order valence-electron chi connectivity index (χ4n) is 2.08. The molecule has 0 saturated heterocycles.